The lowest BCUT2D eigenvalue weighted by atomic mass is 9.79. The molecular formula is C13H24O3. The molecule has 0 saturated heterocycles. The Kier molecular flexibility index (Phi) is 7.86. The van der Waals surface area contributed by atoms with Gasteiger partial charge < -0.3 is 4.74 Å². The van der Waals surface area contributed by atoms with Crippen LogP contribution in [0.5, 0.6) is 0 Å². The van der Waals surface area contributed by atoms with Crippen molar-refractivity contribution >= 4 is 11.8 Å². The Morgan fingerprint density at radius 1 is 1.06 bits per heavy atom. The zero-order valence-electron chi connectivity index (χ0n) is 10.9. The Bertz CT molecular complexity index is 191. The predicted molar refractivity (Wildman–Crippen MR) is 64.1 cm³/mol. The smallest absolute Gasteiger partial charge is 0.308 e. The van der Waals surface area contributed by atoms with E-state index in [1.54, 1.807) is 0 Å². The monoisotopic (exact) mass is 228 g/mol. The van der Waals surface area contributed by atoms with Crippen LogP contribution >= 0.6 is 0 Å². The highest BCUT2D eigenvalue weighted by Crippen LogP contribution is 2.30. The summed E-state index contributed by atoms with van der Waals surface area (Å²) < 4.78 is 4.69. The van der Waals surface area contributed by atoms with Gasteiger partial charge in [0.25, 0.3) is 0 Å². The molecule has 1 aliphatic rings. The fourth-order valence-electron chi connectivity index (χ4n) is 2.11. The van der Waals surface area contributed by atoms with Crippen LogP contribution in [0.25, 0.3) is 0 Å². The van der Waals surface area contributed by atoms with Gasteiger partial charge in [0, 0.05) is 12.3 Å². The highest BCUT2D eigenvalue weighted by molar-refractivity contribution is 5.81. The summed E-state index contributed by atoms with van der Waals surface area (Å²) in [5.41, 5.74) is 0. The number of methoxy groups -OCH3 is 1. The summed E-state index contributed by atoms with van der Waals surface area (Å²) in [5.74, 6) is 0.447. The van der Waals surface area contributed by atoms with E-state index in [-0.39, 0.29) is 17.8 Å². The van der Waals surface area contributed by atoms with Crippen LogP contribution in [0.4, 0.5) is 0 Å². The van der Waals surface area contributed by atoms with Gasteiger partial charge in [-0.1, -0.05) is 20.8 Å². The number of carbonyl (C=O) groups excluding carboxylic acids is 2. The molecular weight excluding hydrogens is 204 g/mol. The minimum Gasteiger partial charge on any atom is -0.469 e. The summed E-state index contributed by atoms with van der Waals surface area (Å²) in [5, 5.41) is 0. The van der Waals surface area contributed by atoms with Gasteiger partial charge >= 0.3 is 5.97 Å². The molecule has 0 atom stereocenters. The van der Waals surface area contributed by atoms with E-state index in [1.165, 1.54) is 7.11 Å². The molecule has 94 valence electrons. The molecule has 0 aromatic heterocycles. The molecule has 1 fully saturated rings. The van der Waals surface area contributed by atoms with E-state index in [1.807, 2.05) is 20.8 Å². The molecule has 0 amide bonds. The number of hydrogen-bond acceptors (Lipinski definition) is 3. The quantitative estimate of drug-likeness (QED) is 0.697. The molecule has 1 rings (SSSR count). The standard InChI is InChI=1S/C11H18O3.C2H6/c1-3-10(12)8-4-6-9(7-5-8)11(13)14-2;1-2/h8-9H,3-7H2,1-2H3;1-2H3. The van der Waals surface area contributed by atoms with E-state index >= 15 is 0 Å². The summed E-state index contributed by atoms with van der Waals surface area (Å²) in [6, 6.07) is 0. The van der Waals surface area contributed by atoms with Gasteiger partial charge in [-0.2, -0.15) is 0 Å². The van der Waals surface area contributed by atoms with Crippen LogP contribution in [0.1, 0.15) is 52.9 Å². The van der Waals surface area contributed by atoms with Gasteiger partial charge in [-0.3, -0.25) is 9.59 Å². The Morgan fingerprint density at radius 3 is 1.88 bits per heavy atom. The van der Waals surface area contributed by atoms with Crippen molar-refractivity contribution in [2.24, 2.45) is 11.8 Å². The van der Waals surface area contributed by atoms with Gasteiger partial charge in [-0.15, -0.1) is 0 Å². The molecule has 3 heteroatoms. The van der Waals surface area contributed by atoms with Crippen molar-refractivity contribution in [2.75, 3.05) is 7.11 Å². The zero-order valence-corrected chi connectivity index (χ0v) is 10.9. The Hall–Kier alpha value is -0.860. The Balaban J connectivity index is 0.00000106. The van der Waals surface area contributed by atoms with E-state index in [0.717, 1.165) is 25.7 Å². The number of esters is 1. The Labute approximate surface area is 98.6 Å². The molecule has 0 heterocycles. The van der Waals surface area contributed by atoms with E-state index in [2.05, 4.69) is 4.74 Å². The van der Waals surface area contributed by atoms with Crippen molar-refractivity contribution in [3.63, 3.8) is 0 Å². The van der Waals surface area contributed by atoms with Crippen molar-refractivity contribution in [1.29, 1.82) is 0 Å². The number of Topliss-reactive ketones (excluding diaryl/α,β-unsaturated/α-hetero) is 1. The third-order valence-electron chi connectivity index (χ3n) is 3.07. The summed E-state index contributed by atoms with van der Waals surface area (Å²) >= 11 is 0. The summed E-state index contributed by atoms with van der Waals surface area (Å²) in [7, 11) is 1.42. The minimum absolute atomic E-state index is 0.0286. The predicted octanol–water partition coefficient (Wildman–Crippen LogP) is 2.97. The summed E-state index contributed by atoms with van der Waals surface area (Å²) in [6.07, 6.45) is 3.94. The first-order chi connectivity index (χ1) is 7.69. The van der Waals surface area contributed by atoms with Crippen LogP contribution in [-0.4, -0.2) is 18.9 Å². The highest BCUT2D eigenvalue weighted by atomic mass is 16.5. The second-order valence-corrected chi connectivity index (χ2v) is 3.89. The molecule has 0 aromatic rings. The lowest BCUT2D eigenvalue weighted by Gasteiger charge is -2.25. The van der Waals surface area contributed by atoms with Crippen molar-refractivity contribution in [1.82, 2.24) is 0 Å². The topological polar surface area (TPSA) is 43.4 Å². The van der Waals surface area contributed by atoms with E-state index < -0.39 is 0 Å². The van der Waals surface area contributed by atoms with Crippen molar-refractivity contribution in [2.45, 2.75) is 52.9 Å². The summed E-state index contributed by atoms with van der Waals surface area (Å²) in [4.78, 5) is 22.6. The SMILES string of the molecule is CC.CCC(=O)C1CCC(C(=O)OC)CC1. The van der Waals surface area contributed by atoms with Crippen LogP contribution in [0.15, 0.2) is 0 Å². The molecule has 1 aliphatic carbocycles. The molecule has 0 unspecified atom stereocenters. The maximum atomic E-state index is 11.4. The van der Waals surface area contributed by atoms with Crippen LogP contribution < -0.4 is 0 Å². The van der Waals surface area contributed by atoms with Gasteiger partial charge in [0.1, 0.15) is 5.78 Å². The molecule has 0 N–H and O–H groups in total. The minimum atomic E-state index is -0.118. The molecule has 3 nitrogen and oxygen atoms in total. The average Bonchev–Trinajstić information content (AvgIpc) is 2.39. The maximum Gasteiger partial charge on any atom is 0.308 e. The summed E-state index contributed by atoms with van der Waals surface area (Å²) in [6.45, 7) is 5.90. The van der Waals surface area contributed by atoms with Crippen molar-refractivity contribution in [3.05, 3.63) is 0 Å². The third-order valence-corrected chi connectivity index (χ3v) is 3.07. The van der Waals surface area contributed by atoms with Crippen LogP contribution in [-0.2, 0) is 14.3 Å². The lowest BCUT2D eigenvalue weighted by Crippen LogP contribution is -2.26. The molecule has 0 aliphatic heterocycles. The molecule has 16 heavy (non-hydrogen) atoms. The fourth-order valence-corrected chi connectivity index (χ4v) is 2.11. The van der Waals surface area contributed by atoms with Gasteiger partial charge in [0.15, 0.2) is 0 Å². The molecule has 0 spiro atoms. The number of rotatable bonds is 3. The number of ether oxygens (including phenoxy) is 1. The highest BCUT2D eigenvalue weighted by Gasteiger charge is 2.29. The van der Waals surface area contributed by atoms with Crippen molar-refractivity contribution in [3.8, 4) is 0 Å². The second-order valence-electron chi connectivity index (χ2n) is 3.89. The maximum absolute atomic E-state index is 11.4. The molecule has 1 saturated carbocycles. The third kappa shape index (κ3) is 4.33. The number of hydrogen-bond donors (Lipinski definition) is 0. The first-order valence-corrected chi connectivity index (χ1v) is 6.29. The van der Waals surface area contributed by atoms with Crippen LogP contribution in [0.2, 0.25) is 0 Å². The number of carbonyl (C=O) groups is 2. The van der Waals surface area contributed by atoms with E-state index in [4.69, 9.17) is 0 Å². The van der Waals surface area contributed by atoms with Gasteiger partial charge in [0.2, 0.25) is 0 Å². The normalized spacial score (nSPS) is 24.0. The molecule has 0 bridgehead atoms. The van der Waals surface area contributed by atoms with Crippen molar-refractivity contribution < 1.29 is 14.3 Å². The van der Waals surface area contributed by atoms with Crippen LogP contribution in [0.3, 0.4) is 0 Å². The lowest BCUT2D eigenvalue weighted by molar-refractivity contribution is -0.147. The zero-order chi connectivity index (χ0) is 12.6. The van der Waals surface area contributed by atoms with E-state index in [9.17, 15) is 9.59 Å². The van der Waals surface area contributed by atoms with Gasteiger partial charge in [0.05, 0.1) is 13.0 Å². The number of ketones is 1. The largest absolute Gasteiger partial charge is 0.469 e. The molecule has 0 radical (unpaired) electrons. The second kappa shape index (κ2) is 8.31. The fraction of sp³-hybridized carbons (Fsp3) is 0.846. The van der Waals surface area contributed by atoms with Gasteiger partial charge in [-0.05, 0) is 25.7 Å². The Morgan fingerprint density at radius 2 is 1.50 bits per heavy atom. The first kappa shape index (κ1) is 15.1. The van der Waals surface area contributed by atoms with E-state index in [0.29, 0.717) is 12.2 Å². The first-order valence-electron chi connectivity index (χ1n) is 6.29. The average molecular weight is 228 g/mol. The molecule has 0 aromatic carbocycles. The van der Waals surface area contributed by atoms with Crippen LogP contribution in [0, 0.1) is 11.8 Å². The van der Waals surface area contributed by atoms with Gasteiger partial charge in [-0.25, -0.2) is 0 Å².